The number of halogens is 1. The van der Waals surface area contributed by atoms with E-state index in [1.807, 2.05) is 25.1 Å². The lowest BCUT2D eigenvalue weighted by Gasteiger charge is -2.15. The van der Waals surface area contributed by atoms with E-state index < -0.39 is 20.5 Å². The van der Waals surface area contributed by atoms with Crippen molar-refractivity contribution < 1.29 is 13.2 Å². The molecule has 3 atom stereocenters. The standard InChI is InChI=1S/C14H20ClNO3S/c1-3-19-9-14(8-16)12(13(14)20(2,17)18)10-5-4-6-11(15)7-10/h4-7,12-13H,3,8-9,16H2,1-2H3/t12-,13-,14-/m0/s1. The smallest absolute Gasteiger partial charge is 0.151 e. The molecule has 0 spiro atoms. The molecule has 1 fully saturated rings. The fourth-order valence-electron chi connectivity index (χ4n) is 3.10. The van der Waals surface area contributed by atoms with E-state index in [0.29, 0.717) is 18.2 Å². The Kier molecular flexibility index (Phi) is 4.44. The molecule has 2 N–H and O–H groups in total. The van der Waals surface area contributed by atoms with Crippen LogP contribution in [0.5, 0.6) is 0 Å². The van der Waals surface area contributed by atoms with Gasteiger partial charge in [0.25, 0.3) is 0 Å². The van der Waals surface area contributed by atoms with Gasteiger partial charge in [-0.15, -0.1) is 0 Å². The minimum atomic E-state index is -3.19. The van der Waals surface area contributed by atoms with Crippen molar-refractivity contribution in [2.45, 2.75) is 18.1 Å². The Bertz CT molecular complexity index is 590. The van der Waals surface area contributed by atoms with Crippen LogP contribution in [0.15, 0.2) is 24.3 Å². The second-order valence-electron chi connectivity index (χ2n) is 5.36. The predicted octanol–water partition coefficient (Wildman–Crippen LogP) is 1.83. The van der Waals surface area contributed by atoms with Crippen LogP contribution >= 0.6 is 11.6 Å². The summed E-state index contributed by atoms with van der Waals surface area (Å²) < 4.78 is 29.6. The summed E-state index contributed by atoms with van der Waals surface area (Å²) in [6.45, 7) is 3.06. The van der Waals surface area contributed by atoms with Gasteiger partial charge in [0, 0.05) is 35.8 Å². The van der Waals surface area contributed by atoms with Crippen molar-refractivity contribution in [3.63, 3.8) is 0 Å². The van der Waals surface area contributed by atoms with Crippen molar-refractivity contribution in [2.24, 2.45) is 11.1 Å². The summed E-state index contributed by atoms with van der Waals surface area (Å²) in [4.78, 5) is 0. The fraction of sp³-hybridized carbons (Fsp3) is 0.571. The van der Waals surface area contributed by atoms with Gasteiger partial charge in [0.15, 0.2) is 9.84 Å². The highest BCUT2D eigenvalue weighted by molar-refractivity contribution is 7.91. The van der Waals surface area contributed by atoms with Gasteiger partial charge in [-0.2, -0.15) is 0 Å². The number of rotatable bonds is 6. The molecular formula is C14H20ClNO3S. The summed E-state index contributed by atoms with van der Waals surface area (Å²) in [5.74, 6) is -0.146. The van der Waals surface area contributed by atoms with E-state index in [1.165, 1.54) is 6.26 Å². The lowest BCUT2D eigenvalue weighted by molar-refractivity contribution is 0.101. The molecule has 112 valence electrons. The van der Waals surface area contributed by atoms with Crippen molar-refractivity contribution in [3.05, 3.63) is 34.9 Å². The number of hydrogen-bond acceptors (Lipinski definition) is 4. The zero-order valence-corrected chi connectivity index (χ0v) is 13.2. The van der Waals surface area contributed by atoms with Gasteiger partial charge in [-0.1, -0.05) is 23.7 Å². The topological polar surface area (TPSA) is 69.4 Å². The second-order valence-corrected chi connectivity index (χ2v) is 7.96. The molecule has 1 aromatic rings. The van der Waals surface area contributed by atoms with E-state index in [0.717, 1.165) is 5.56 Å². The van der Waals surface area contributed by atoms with Gasteiger partial charge in [-0.05, 0) is 24.6 Å². The molecule has 0 saturated heterocycles. The third-order valence-corrected chi connectivity index (χ3v) is 5.90. The monoisotopic (exact) mass is 317 g/mol. The molecule has 1 aliphatic carbocycles. The van der Waals surface area contributed by atoms with E-state index in [4.69, 9.17) is 22.1 Å². The van der Waals surface area contributed by atoms with Gasteiger partial charge in [-0.25, -0.2) is 8.42 Å². The van der Waals surface area contributed by atoms with Crippen molar-refractivity contribution >= 4 is 21.4 Å². The highest BCUT2D eigenvalue weighted by Crippen LogP contribution is 2.62. The average Bonchev–Trinajstić information content (AvgIpc) is 3.06. The molecule has 20 heavy (non-hydrogen) atoms. The molecule has 1 aromatic carbocycles. The molecular weight excluding hydrogens is 298 g/mol. The normalized spacial score (nSPS) is 29.4. The zero-order chi connectivity index (χ0) is 15.0. The molecule has 0 amide bonds. The Balaban J connectivity index is 2.39. The van der Waals surface area contributed by atoms with Gasteiger partial charge in [0.2, 0.25) is 0 Å². The van der Waals surface area contributed by atoms with Gasteiger partial charge in [-0.3, -0.25) is 0 Å². The zero-order valence-electron chi connectivity index (χ0n) is 11.7. The molecule has 0 aromatic heterocycles. The van der Waals surface area contributed by atoms with Crippen LogP contribution in [0.1, 0.15) is 18.4 Å². The fourth-order valence-corrected chi connectivity index (χ4v) is 5.31. The summed E-state index contributed by atoms with van der Waals surface area (Å²) in [5, 5.41) is 0.106. The predicted molar refractivity (Wildman–Crippen MR) is 80.8 cm³/mol. The molecule has 1 aliphatic rings. The lowest BCUT2D eigenvalue weighted by Crippen LogP contribution is -2.28. The lowest BCUT2D eigenvalue weighted by atomic mass is 10.00. The summed E-state index contributed by atoms with van der Waals surface area (Å²) in [6, 6.07) is 7.32. The highest BCUT2D eigenvalue weighted by Gasteiger charge is 2.69. The third-order valence-electron chi connectivity index (χ3n) is 4.00. The van der Waals surface area contributed by atoms with Crippen LogP contribution < -0.4 is 5.73 Å². The van der Waals surface area contributed by atoms with Crippen molar-refractivity contribution in [2.75, 3.05) is 26.0 Å². The number of hydrogen-bond donors (Lipinski definition) is 1. The van der Waals surface area contributed by atoms with Crippen LogP contribution in [0.2, 0.25) is 5.02 Å². The Morgan fingerprint density at radius 3 is 2.65 bits per heavy atom. The minimum Gasteiger partial charge on any atom is -0.381 e. The molecule has 2 rings (SSSR count). The molecule has 4 nitrogen and oxygen atoms in total. The molecule has 0 unspecified atom stereocenters. The van der Waals surface area contributed by atoms with Gasteiger partial charge >= 0.3 is 0 Å². The SMILES string of the molecule is CCOC[C@@]1(CN)[C@@H](c2cccc(Cl)c2)[C@@H]1S(C)(=O)=O. The van der Waals surface area contributed by atoms with E-state index in [9.17, 15) is 8.42 Å². The molecule has 0 aliphatic heterocycles. The first kappa shape index (κ1) is 15.8. The summed E-state index contributed by atoms with van der Waals surface area (Å²) in [7, 11) is -3.19. The first-order chi connectivity index (χ1) is 9.36. The maximum Gasteiger partial charge on any atom is 0.151 e. The van der Waals surface area contributed by atoms with Crippen LogP contribution in [0, 0.1) is 5.41 Å². The maximum atomic E-state index is 12.1. The first-order valence-electron chi connectivity index (χ1n) is 6.59. The Morgan fingerprint density at radius 1 is 1.45 bits per heavy atom. The molecule has 0 heterocycles. The Morgan fingerprint density at radius 2 is 2.15 bits per heavy atom. The summed E-state index contributed by atoms with van der Waals surface area (Å²) in [5.41, 5.74) is 6.27. The van der Waals surface area contributed by atoms with E-state index in [1.54, 1.807) is 6.07 Å². The Labute approximate surface area is 125 Å². The molecule has 6 heteroatoms. The highest BCUT2D eigenvalue weighted by atomic mass is 35.5. The van der Waals surface area contributed by atoms with Crippen LogP contribution in [0.3, 0.4) is 0 Å². The maximum absolute atomic E-state index is 12.1. The molecule has 1 saturated carbocycles. The van der Waals surface area contributed by atoms with Crippen LogP contribution in [0.25, 0.3) is 0 Å². The second kappa shape index (κ2) is 5.64. The third kappa shape index (κ3) is 2.72. The number of benzene rings is 1. The van der Waals surface area contributed by atoms with Crippen LogP contribution in [0.4, 0.5) is 0 Å². The van der Waals surface area contributed by atoms with Crippen LogP contribution in [-0.2, 0) is 14.6 Å². The van der Waals surface area contributed by atoms with Gasteiger partial charge in [0.1, 0.15) is 0 Å². The molecule has 0 bridgehead atoms. The van der Waals surface area contributed by atoms with Crippen LogP contribution in [-0.4, -0.2) is 39.7 Å². The quantitative estimate of drug-likeness (QED) is 0.869. The number of ether oxygens (including phenoxy) is 1. The first-order valence-corrected chi connectivity index (χ1v) is 8.92. The Hall–Kier alpha value is -0.620. The summed E-state index contributed by atoms with van der Waals surface area (Å²) in [6.07, 6.45) is 1.26. The van der Waals surface area contributed by atoms with Gasteiger partial charge in [0.05, 0.1) is 11.9 Å². The van der Waals surface area contributed by atoms with E-state index >= 15 is 0 Å². The van der Waals surface area contributed by atoms with E-state index in [-0.39, 0.29) is 12.5 Å². The number of sulfone groups is 1. The summed E-state index contributed by atoms with van der Waals surface area (Å²) >= 11 is 6.01. The van der Waals surface area contributed by atoms with Crippen molar-refractivity contribution in [1.29, 1.82) is 0 Å². The van der Waals surface area contributed by atoms with Crippen molar-refractivity contribution in [3.8, 4) is 0 Å². The average molecular weight is 318 g/mol. The van der Waals surface area contributed by atoms with Crippen molar-refractivity contribution in [1.82, 2.24) is 0 Å². The molecule has 0 radical (unpaired) electrons. The van der Waals surface area contributed by atoms with Gasteiger partial charge < -0.3 is 10.5 Å². The van der Waals surface area contributed by atoms with E-state index in [2.05, 4.69) is 0 Å². The largest absolute Gasteiger partial charge is 0.381 e. The number of nitrogens with two attached hydrogens (primary N) is 1. The minimum absolute atomic E-state index is 0.146.